The molecule has 4 rings (SSSR count). The zero-order valence-corrected chi connectivity index (χ0v) is 15.3. The summed E-state index contributed by atoms with van der Waals surface area (Å²) < 4.78 is 26.8. The molecule has 2 aromatic heterocycles. The van der Waals surface area contributed by atoms with Crippen molar-refractivity contribution in [2.24, 2.45) is 0 Å². The van der Waals surface area contributed by atoms with Crippen LogP contribution in [0.2, 0.25) is 0 Å². The lowest BCUT2D eigenvalue weighted by Gasteiger charge is -2.22. The largest absolute Gasteiger partial charge is 0.325 e. The molecule has 1 atom stereocenters. The molecular weight excluding hydrogens is 388 g/mol. The number of carbonyl (C=O) groups excluding carboxylic acids is 2. The van der Waals surface area contributed by atoms with E-state index in [-0.39, 0.29) is 12.1 Å². The smallest absolute Gasteiger partial charge is 0.319 e. The molecule has 10 heteroatoms. The van der Waals surface area contributed by atoms with Gasteiger partial charge < -0.3 is 5.32 Å². The molecule has 0 spiro atoms. The number of amides is 3. The van der Waals surface area contributed by atoms with Gasteiger partial charge in [0.05, 0.1) is 12.2 Å². The maximum absolute atomic E-state index is 13.6. The maximum atomic E-state index is 13.6. The third kappa shape index (κ3) is 3.01. The number of halogens is 2. The number of aromatic nitrogens is 3. The second-order valence-electron chi connectivity index (χ2n) is 6.29. The molecule has 1 fully saturated rings. The van der Waals surface area contributed by atoms with Gasteiger partial charge in [-0.1, -0.05) is 6.07 Å². The van der Waals surface area contributed by atoms with Gasteiger partial charge in [-0.15, -0.1) is 11.3 Å². The first kappa shape index (κ1) is 18.1. The molecule has 0 aliphatic carbocycles. The van der Waals surface area contributed by atoms with Crippen LogP contribution in [0.4, 0.5) is 13.6 Å². The van der Waals surface area contributed by atoms with Gasteiger partial charge in [0.25, 0.3) is 5.91 Å². The van der Waals surface area contributed by atoms with Crippen molar-refractivity contribution in [1.82, 2.24) is 25.2 Å². The van der Waals surface area contributed by atoms with Crippen LogP contribution >= 0.6 is 11.3 Å². The van der Waals surface area contributed by atoms with E-state index in [1.54, 1.807) is 23.8 Å². The minimum absolute atomic E-state index is 0.0622. The molecule has 3 heterocycles. The molecule has 1 saturated heterocycles. The molecule has 0 radical (unpaired) electrons. The van der Waals surface area contributed by atoms with Crippen molar-refractivity contribution in [2.75, 3.05) is 0 Å². The molecule has 3 aromatic rings. The molecule has 1 aromatic carbocycles. The summed E-state index contributed by atoms with van der Waals surface area (Å²) in [6.45, 7) is 1.39. The molecule has 1 aliphatic heterocycles. The fraction of sp³-hybridized carbons (Fsp3) is 0.167. The molecule has 1 N–H and O–H groups in total. The Morgan fingerprint density at radius 2 is 1.93 bits per heavy atom. The first-order chi connectivity index (χ1) is 13.4. The second kappa shape index (κ2) is 6.71. The van der Waals surface area contributed by atoms with E-state index < -0.39 is 29.1 Å². The number of hydrogen-bond donors (Lipinski definition) is 1. The molecule has 3 amide bonds. The van der Waals surface area contributed by atoms with Crippen molar-refractivity contribution in [2.45, 2.75) is 19.0 Å². The number of carbonyl (C=O) groups is 2. The Morgan fingerprint density at radius 1 is 1.18 bits per heavy atom. The summed E-state index contributed by atoms with van der Waals surface area (Å²) in [5.41, 5.74) is -0.845. The lowest BCUT2D eigenvalue weighted by Crippen LogP contribution is -2.41. The molecule has 7 nitrogen and oxygen atoms in total. The Hall–Kier alpha value is -3.27. The normalized spacial score (nSPS) is 19.2. The standard InChI is InChI=1S/C18H13F2N5O2S/c1-18(10-3-4-12(19)13(20)7-10)16(26)25(17(27)24-18)8-11-9-28-15(23-11)14-21-5-2-6-22-14/h2-7,9H,8H2,1H3,(H,24,27). The summed E-state index contributed by atoms with van der Waals surface area (Å²) >= 11 is 1.29. The van der Waals surface area contributed by atoms with Crippen LogP contribution in [0.3, 0.4) is 0 Å². The number of imide groups is 1. The summed E-state index contributed by atoms with van der Waals surface area (Å²) in [6, 6.07) is 4.15. The van der Waals surface area contributed by atoms with Crippen molar-refractivity contribution in [3.05, 3.63) is 64.9 Å². The molecule has 0 saturated carbocycles. The van der Waals surface area contributed by atoms with Crippen LogP contribution in [0, 0.1) is 11.6 Å². The van der Waals surface area contributed by atoms with Crippen LogP contribution in [0.15, 0.2) is 42.0 Å². The van der Waals surface area contributed by atoms with Gasteiger partial charge in [0.15, 0.2) is 22.5 Å². The van der Waals surface area contributed by atoms with E-state index in [2.05, 4.69) is 20.3 Å². The van der Waals surface area contributed by atoms with Crippen LogP contribution in [-0.4, -0.2) is 31.8 Å². The summed E-state index contributed by atoms with van der Waals surface area (Å²) in [4.78, 5) is 38.9. The van der Waals surface area contributed by atoms with Gasteiger partial charge in [-0.3, -0.25) is 9.69 Å². The number of nitrogens with zero attached hydrogens (tertiary/aromatic N) is 4. The number of urea groups is 1. The highest BCUT2D eigenvalue weighted by Crippen LogP contribution is 2.31. The molecule has 1 aliphatic rings. The highest BCUT2D eigenvalue weighted by molar-refractivity contribution is 7.13. The minimum Gasteiger partial charge on any atom is -0.319 e. The Bertz CT molecular complexity index is 1070. The van der Waals surface area contributed by atoms with E-state index in [9.17, 15) is 18.4 Å². The van der Waals surface area contributed by atoms with E-state index in [1.807, 2.05) is 0 Å². The van der Waals surface area contributed by atoms with Gasteiger partial charge in [0.1, 0.15) is 5.54 Å². The zero-order valence-electron chi connectivity index (χ0n) is 14.5. The predicted molar refractivity (Wildman–Crippen MR) is 95.9 cm³/mol. The second-order valence-corrected chi connectivity index (χ2v) is 7.15. The lowest BCUT2D eigenvalue weighted by atomic mass is 9.92. The Labute approximate surface area is 162 Å². The SMILES string of the molecule is CC1(c2ccc(F)c(F)c2)NC(=O)N(Cc2csc(-c3ncccn3)n2)C1=O. The number of nitrogens with one attached hydrogen (secondary N) is 1. The summed E-state index contributed by atoms with van der Waals surface area (Å²) in [5, 5.41) is 4.82. The molecule has 28 heavy (non-hydrogen) atoms. The van der Waals surface area contributed by atoms with E-state index in [0.717, 1.165) is 17.0 Å². The van der Waals surface area contributed by atoms with Crippen molar-refractivity contribution >= 4 is 23.3 Å². The predicted octanol–water partition coefficient (Wildman–Crippen LogP) is 2.85. The van der Waals surface area contributed by atoms with Crippen LogP contribution < -0.4 is 5.32 Å². The van der Waals surface area contributed by atoms with E-state index in [0.29, 0.717) is 16.5 Å². The highest BCUT2D eigenvalue weighted by atomic mass is 32.1. The van der Waals surface area contributed by atoms with E-state index in [1.165, 1.54) is 24.3 Å². The monoisotopic (exact) mass is 401 g/mol. The van der Waals surface area contributed by atoms with E-state index >= 15 is 0 Å². The molecule has 0 bridgehead atoms. The summed E-state index contributed by atoms with van der Waals surface area (Å²) in [7, 11) is 0. The van der Waals surface area contributed by atoms with E-state index in [4.69, 9.17) is 0 Å². The number of rotatable bonds is 4. The number of hydrogen-bond acceptors (Lipinski definition) is 6. The van der Waals surface area contributed by atoms with Gasteiger partial charge in [0, 0.05) is 17.8 Å². The van der Waals surface area contributed by atoms with Crippen molar-refractivity contribution < 1.29 is 18.4 Å². The van der Waals surface area contributed by atoms with Crippen molar-refractivity contribution in [3.8, 4) is 10.8 Å². The fourth-order valence-corrected chi connectivity index (χ4v) is 3.65. The molecular formula is C18H13F2N5O2S. The van der Waals surface area contributed by atoms with Gasteiger partial charge in [-0.25, -0.2) is 28.5 Å². The number of benzene rings is 1. The Balaban J connectivity index is 1.58. The third-order valence-corrected chi connectivity index (χ3v) is 5.29. The average Bonchev–Trinajstić information content (AvgIpc) is 3.24. The molecule has 142 valence electrons. The Morgan fingerprint density at radius 3 is 2.64 bits per heavy atom. The first-order valence-electron chi connectivity index (χ1n) is 8.20. The average molecular weight is 401 g/mol. The van der Waals surface area contributed by atoms with Gasteiger partial charge in [-0.05, 0) is 30.7 Å². The molecule has 1 unspecified atom stereocenters. The van der Waals surface area contributed by atoms with Crippen molar-refractivity contribution in [1.29, 1.82) is 0 Å². The quantitative estimate of drug-likeness (QED) is 0.680. The maximum Gasteiger partial charge on any atom is 0.325 e. The number of thiazole rings is 1. The van der Waals surface area contributed by atoms with Crippen LogP contribution in [0.25, 0.3) is 10.8 Å². The topological polar surface area (TPSA) is 88.1 Å². The first-order valence-corrected chi connectivity index (χ1v) is 9.08. The van der Waals surface area contributed by atoms with Crippen LogP contribution in [0.1, 0.15) is 18.2 Å². The van der Waals surface area contributed by atoms with Gasteiger partial charge in [-0.2, -0.15) is 0 Å². The fourth-order valence-electron chi connectivity index (χ4n) is 2.90. The highest BCUT2D eigenvalue weighted by Gasteiger charge is 2.49. The Kier molecular flexibility index (Phi) is 4.34. The summed E-state index contributed by atoms with van der Waals surface area (Å²) in [6.07, 6.45) is 3.18. The van der Waals surface area contributed by atoms with Gasteiger partial charge in [0.2, 0.25) is 0 Å². The van der Waals surface area contributed by atoms with Crippen molar-refractivity contribution in [3.63, 3.8) is 0 Å². The minimum atomic E-state index is -1.49. The van der Waals surface area contributed by atoms with Crippen LogP contribution in [-0.2, 0) is 16.9 Å². The zero-order chi connectivity index (χ0) is 19.9. The van der Waals surface area contributed by atoms with Crippen LogP contribution in [0.5, 0.6) is 0 Å². The van der Waals surface area contributed by atoms with Gasteiger partial charge >= 0.3 is 6.03 Å². The summed E-state index contributed by atoms with van der Waals surface area (Å²) in [5.74, 6) is -2.25. The lowest BCUT2D eigenvalue weighted by molar-refractivity contribution is -0.131. The third-order valence-electron chi connectivity index (χ3n) is 4.40.